The molecule has 4 N–H and O–H groups in total. The predicted molar refractivity (Wildman–Crippen MR) is 96.1 cm³/mol. The van der Waals surface area contributed by atoms with Crippen LogP contribution in [0.25, 0.3) is 0 Å². The summed E-state index contributed by atoms with van der Waals surface area (Å²) in [6, 6.07) is 1.52. The third kappa shape index (κ3) is 4.80. The number of aliphatic carboxylic acids is 1. The van der Waals surface area contributed by atoms with E-state index in [2.05, 4.69) is 20.8 Å². The van der Waals surface area contributed by atoms with Gasteiger partial charge in [0.25, 0.3) is 0 Å². The number of benzene rings is 1. The number of phenols is 3. The molecule has 5 heteroatoms. The van der Waals surface area contributed by atoms with E-state index in [1.165, 1.54) is 6.07 Å². The molecule has 0 aromatic heterocycles. The zero-order valence-electron chi connectivity index (χ0n) is 15.4. The van der Waals surface area contributed by atoms with Gasteiger partial charge in [0.1, 0.15) is 0 Å². The molecule has 0 unspecified atom stereocenters. The third-order valence-corrected chi connectivity index (χ3v) is 5.21. The SMILES string of the molecule is CC(C)(C)CCCc1cc(O)c(O)c(O)c1CCCC1(C(=O)O)CC1. The largest absolute Gasteiger partial charge is 0.504 e. The van der Waals surface area contributed by atoms with Crippen molar-refractivity contribution in [1.29, 1.82) is 0 Å². The first-order chi connectivity index (χ1) is 11.6. The van der Waals surface area contributed by atoms with Crippen LogP contribution in [0.5, 0.6) is 17.2 Å². The molecule has 140 valence electrons. The summed E-state index contributed by atoms with van der Waals surface area (Å²) in [6.45, 7) is 6.50. The summed E-state index contributed by atoms with van der Waals surface area (Å²) >= 11 is 0. The van der Waals surface area contributed by atoms with Crippen LogP contribution in [0.1, 0.15) is 70.4 Å². The highest BCUT2D eigenvalue weighted by atomic mass is 16.4. The van der Waals surface area contributed by atoms with Crippen LogP contribution in [0.15, 0.2) is 6.07 Å². The summed E-state index contributed by atoms with van der Waals surface area (Å²) < 4.78 is 0. The second kappa shape index (κ2) is 7.14. The van der Waals surface area contributed by atoms with Crippen molar-refractivity contribution >= 4 is 5.97 Å². The van der Waals surface area contributed by atoms with Gasteiger partial charge in [-0.05, 0) is 68.4 Å². The number of carboxylic acid groups (broad SMARTS) is 1. The third-order valence-electron chi connectivity index (χ3n) is 5.21. The molecule has 2 rings (SSSR count). The van der Waals surface area contributed by atoms with Crippen molar-refractivity contribution in [3.05, 3.63) is 17.2 Å². The van der Waals surface area contributed by atoms with Crippen LogP contribution in [0.2, 0.25) is 0 Å². The number of aromatic hydroxyl groups is 3. The van der Waals surface area contributed by atoms with Gasteiger partial charge < -0.3 is 20.4 Å². The molecule has 1 saturated carbocycles. The van der Waals surface area contributed by atoms with Gasteiger partial charge in [-0.1, -0.05) is 20.8 Å². The van der Waals surface area contributed by atoms with Crippen molar-refractivity contribution in [2.75, 3.05) is 0 Å². The Morgan fingerprint density at radius 3 is 2.24 bits per heavy atom. The Kier molecular flexibility index (Phi) is 5.55. The smallest absolute Gasteiger partial charge is 0.309 e. The molecule has 0 amide bonds. The Morgan fingerprint density at radius 2 is 1.72 bits per heavy atom. The lowest BCUT2D eigenvalue weighted by Gasteiger charge is -2.19. The minimum Gasteiger partial charge on any atom is -0.504 e. The fourth-order valence-corrected chi connectivity index (χ4v) is 3.37. The first-order valence-corrected chi connectivity index (χ1v) is 9.05. The molecule has 0 atom stereocenters. The maximum absolute atomic E-state index is 11.3. The molecular formula is C20H30O5. The molecular weight excluding hydrogens is 320 g/mol. The minimum absolute atomic E-state index is 0.209. The fourth-order valence-electron chi connectivity index (χ4n) is 3.37. The predicted octanol–water partition coefficient (Wildman–Crippen LogP) is 4.36. The number of hydrogen-bond donors (Lipinski definition) is 4. The molecule has 1 aliphatic rings. The quantitative estimate of drug-likeness (QED) is 0.522. The average molecular weight is 350 g/mol. The molecule has 5 nitrogen and oxygen atoms in total. The summed E-state index contributed by atoms with van der Waals surface area (Å²) in [6.07, 6.45) is 5.77. The Hall–Kier alpha value is -1.91. The van der Waals surface area contributed by atoms with Gasteiger partial charge in [0.2, 0.25) is 5.75 Å². The van der Waals surface area contributed by atoms with Gasteiger partial charge in [-0.3, -0.25) is 4.79 Å². The van der Waals surface area contributed by atoms with Gasteiger partial charge in [0, 0.05) is 5.56 Å². The van der Waals surface area contributed by atoms with Crippen LogP contribution in [0, 0.1) is 10.8 Å². The Bertz CT molecular complexity index is 638. The maximum Gasteiger partial charge on any atom is 0.309 e. The second-order valence-electron chi connectivity index (χ2n) is 8.58. The van der Waals surface area contributed by atoms with Crippen molar-refractivity contribution in [2.45, 2.75) is 72.1 Å². The lowest BCUT2D eigenvalue weighted by Crippen LogP contribution is -2.14. The van der Waals surface area contributed by atoms with Crippen LogP contribution in [-0.4, -0.2) is 26.4 Å². The van der Waals surface area contributed by atoms with Crippen molar-refractivity contribution in [2.24, 2.45) is 10.8 Å². The molecule has 0 saturated heterocycles. The number of hydrogen-bond acceptors (Lipinski definition) is 4. The van der Waals surface area contributed by atoms with Crippen molar-refractivity contribution in [3.63, 3.8) is 0 Å². The summed E-state index contributed by atoms with van der Waals surface area (Å²) in [7, 11) is 0. The molecule has 1 aliphatic carbocycles. The highest BCUT2D eigenvalue weighted by Gasteiger charge is 2.49. The zero-order chi connectivity index (χ0) is 18.8. The highest BCUT2D eigenvalue weighted by Crippen LogP contribution is 2.50. The van der Waals surface area contributed by atoms with Crippen molar-refractivity contribution in [3.8, 4) is 17.2 Å². The standard InChI is InChI=1S/C20H30O5/c1-19(2,3)8-4-6-13-12-15(21)17(23)16(22)14(13)7-5-9-20(10-11-20)18(24)25/h12,21-23H,4-11H2,1-3H3,(H,24,25). The number of aryl methyl sites for hydroxylation is 1. The molecule has 0 radical (unpaired) electrons. The van der Waals surface area contributed by atoms with E-state index < -0.39 is 17.1 Å². The van der Waals surface area contributed by atoms with E-state index in [1.807, 2.05) is 0 Å². The van der Waals surface area contributed by atoms with Crippen LogP contribution in [0.3, 0.4) is 0 Å². The first-order valence-electron chi connectivity index (χ1n) is 9.05. The van der Waals surface area contributed by atoms with E-state index in [0.29, 0.717) is 44.1 Å². The van der Waals surface area contributed by atoms with Crippen molar-refractivity contribution < 1.29 is 25.2 Å². The van der Waals surface area contributed by atoms with E-state index in [9.17, 15) is 25.2 Å². The lowest BCUT2D eigenvalue weighted by atomic mass is 9.87. The van der Waals surface area contributed by atoms with Crippen LogP contribution >= 0.6 is 0 Å². The summed E-state index contributed by atoms with van der Waals surface area (Å²) in [4.78, 5) is 11.3. The molecule has 1 aromatic rings. The second-order valence-corrected chi connectivity index (χ2v) is 8.58. The number of carbonyl (C=O) groups is 1. The molecule has 0 spiro atoms. The Labute approximate surface area is 149 Å². The van der Waals surface area contributed by atoms with Crippen LogP contribution in [-0.2, 0) is 17.6 Å². The van der Waals surface area contributed by atoms with Crippen LogP contribution < -0.4 is 0 Å². The number of rotatable bonds is 8. The van der Waals surface area contributed by atoms with E-state index in [0.717, 1.165) is 18.4 Å². The Morgan fingerprint density at radius 1 is 1.08 bits per heavy atom. The molecule has 25 heavy (non-hydrogen) atoms. The summed E-state index contributed by atoms with van der Waals surface area (Å²) in [5.41, 5.74) is 1.09. The lowest BCUT2D eigenvalue weighted by molar-refractivity contribution is -0.143. The molecule has 0 bridgehead atoms. The molecule has 1 fully saturated rings. The van der Waals surface area contributed by atoms with Gasteiger partial charge >= 0.3 is 5.97 Å². The van der Waals surface area contributed by atoms with Crippen LogP contribution in [0.4, 0.5) is 0 Å². The number of carboxylic acids is 1. The topological polar surface area (TPSA) is 98.0 Å². The average Bonchev–Trinajstić information content (AvgIpc) is 3.28. The van der Waals surface area contributed by atoms with Gasteiger partial charge in [-0.25, -0.2) is 0 Å². The van der Waals surface area contributed by atoms with Gasteiger partial charge in [0.15, 0.2) is 11.5 Å². The summed E-state index contributed by atoms with van der Waals surface area (Å²) in [5.74, 6) is -1.81. The normalized spacial score (nSPS) is 16.0. The number of phenolic OH excluding ortho intramolecular Hbond substituents is 3. The molecule has 0 heterocycles. The van der Waals surface area contributed by atoms with Gasteiger partial charge in [-0.15, -0.1) is 0 Å². The van der Waals surface area contributed by atoms with Gasteiger partial charge in [0.05, 0.1) is 5.41 Å². The zero-order valence-corrected chi connectivity index (χ0v) is 15.4. The van der Waals surface area contributed by atoms with E-state index >= 15 is 0 Å². The van der Waals surface area contributed by atoms with E-state index in [1.54, 1.807) is 0 Å². The summed E-state index contributed by atoms with van der Waals surface area (Å²) in [5, 5.41) is 39.2. The fraction of sp³-hybridized carbons (Fsp3) is 0.650. The van der Waals surface area contributed by atoms with Gasteiger partial charge in [-0.2, -0.15) is 0 Å². The molecule has 1 aromatic carbocycles. The first kappa shape index (κ1) is 19.4. The maximum atomic E-state index is 11.3. The monoisotopic (exact) mass is 350 g/mol. The van der Waals surface area contributed by atoms with Crippen molar-refractivity contribution in [1.82, 2.24) is 0 Å². The van der Waals surface area contributed by atoms with E-state index in [-0.39, 0.29) is 16.9 Å². The Balaban J connectivity index is 2.08. The molecule has 0 aliphatic heterocycles. The van der Waals surface area contributed by atoms with E-state index in [4.69, 9.17) is 0 Å². The minimum atomic E-state index is -0.740. The highest BCUT2D eigenvalue weighted by molar-refractivity contribution is 5.77.